The van der Waals surface area contributed by atoms with Crippen LogP contribution in [-0.4, -0.2) is 21.5 Å². The fourth-order valence-corrected chi connectivity index (χ4v) is 4.54. The van der Waals surface area contributed by atoms with E-state index in [2.05, 4.69) is 57.0 Å². The van der Waals surface area contributed by atoms with Crippen LogP contribution in [0.15, 0.2) is 64.6 Å². The normalized spacial score (nSPS) is 15.4. The van der Waals surface area contributed by atoms with E-state index in [0.717, 1.165) is 33.5 Å². The molecule has 1 aliphatic rings. The van der Waals surface area contributed by atoms with Gasteiger partial charge in [0.25, 0.3) is 11.8 Å². The summed E-state index contributed by atoms with van der Waals surface area (Å²) in [6.45, 7) is 6.12. The van der Waals surface area contributed by atoms with Gasteiger partial charge >= 0.3 is 0 Å². The number of aryl methyl sites for hydroxylation is 2. The fourth-order valence-electron chi connectivity index (χ4n) is 3.87. The number of halogens is 1. The lowest BCUT2D eigenvalue weighted by atomic mass is 10.1. The zero-order valence-corrected chi connectivity index (χ0v) is 20.4. The minimum absolute atomic E-state index is 0.0418. The molecule has 0 spiro atoms. The number of hydrogen-bond donors (Lipinski definition) is 1. The standard InChI is InChI=1S/C25H22BrN3O2S/c1-4-17-8-10-20(11-9-17)28-15(2)12-18(16(28)3)13-22-23(30)27-25(32)29(24(22)31)21-7-5-6-19(26)14-21/h5-14H,4H2,1-3H3,(H,27,30,32)/b22-13+. The third-order valence-corrected chi connectivity index (χ3v) is 6.32. The van der Waals surface area contributed by atoms with Crippen molar-refractivity contribution in [1.82, 2.24) is 9.88 Å². The van der Waals surface area contributed by atoms with E-state index in [1.807, 2.05) is 32.0 Å². The molecule has 1 fully saturated rings. The first-order chi connectivity index (χ1) is 15.3. The number of carbonyl (C=O) groups is 2. The molecule has 0 unspecified atom stereocenters. The number of thiocarbonyl (C=S) groups is 1. The van der Waals surface area contributed by atoms with Gasteiger partial charge in [0.05, 0.1) is 5.69 Å². The SMILES string of the molecule is CCc1ccc(-n2c(C)cc(/C=C3\C(=O)NC(=S)N(c4cccc(Br)c4)C3=O)c2C)cc1. The molecular formula is C25H22BrN3O2S. The van der Waals surface area contributed by atoms with Gasteiger partial charge in [-0.2, -0.15) is 0 Å². The molecule has 4 rings (SSSR count). The highest BCUT2D eigenvalue weighted by atomic mass is 79.9. The van der Waals surface area contributed by atoms with E-state index < -0.39 is 11.8 Å². The Hall–Kier alpha value is -3.03. The van der Waals surface area contributed by atoms with Crippen molar-refractivity contribution in [2.75, 3.05) is 4.90 Å². The highest BCUT2D eigenvalue weighted by Gasteiger charge is 2.34. The summed E-state index contributed by atoms with van der Waals surface area (Å²) in [7, 11) is 0. The number of amides is 2. The summed E-state index contributed by atoms with van der Waals surface area (Å²) < 4.78 is 2.93. The number of aromatic nitrogens is 1. The molecule has 5 nitrogen and oxygen atoms in total. The van der Waals surface area contributed by atoms with Crippen molar-refractivity contribution < 1.29 is 9.59 Å². The Bertz CT molecular complexity index is 1270. The summed E-state index contributed by atoms with van der Waals surface area (Å²) in [6.07, 6.45) is 2.62. The Morgan fingerprint density at radius 3 is 2.41 bits per heavy atom. The summed E-state index contributed by atoms with van der Waals surface area (Å²) >= 11 is 8.70. The Labute approximate surface area is 200 Å². The molecule has 7 heteroatoms. The van der Waals surface area contributed by atoms with E-state index in [1.54, 1.807) is 18.2 Å². The molecule has 2 heterocycles. The van der Waals surface area contributed by atoms with Gasteiger partial charge in [-0.1, -0.05) is 41.1 Å². The van der Waals surface area contributed by atoms with E-state index in [0.29, 0.717) is 5.69 Å². The molecule has 1 N–H and O–H groups in total. The van der Waals surface area contributed by atoms with E-state index in [4.69, 9.17) is 12.2 Å². The van der Waals surface area contributed by atoms with E-state index in [1.165, 1.54) is 10.5 Å². The minimum Gasteiger partial charge on any atom is -0.318 e. The molecule has 1 aromatic heterocycles. The maximum absolute atomic E-state index is 13.3. The molecule has 1 aliphatic heterocycles. The first-order valence-corrected chi connectivity index (χ1v) is 11.5. The number of rotatable bonds is 4. The lowest BCUT2D eigenvalue weighted by Crippen LogP contribution is -2.54. The largest absolute Gasteiger partial charge is 0.318 e. The van der Waals surface area contributed by atoms with E-state index in [-0.39, 0.29) is 10.7 Å². The highest BCUT2D eigenvalue weighted by molar-refractivity contribution is 9.10. The molecule has 162 valence electrons. The van der Waals surface area contributed by atoms with Crippen LogP contribution in [-0.2, 0) is 16.0 Å². The fraction of sp³-hybridized carbons (Fsp3) is 0.160. The van der Waals surface area contributed by atoms with Gasteiger partial charge in [-0.25, -0.2) is 0 Å². The van der Waals surface area contributed by atoms with Gasteiger partial charge < -0.3 is 4.57 Å². The van der Waals surface area contributed by atoms with Crippen LogP contribution < -0.4 is 10.2 Å². The van der Waals surface area contributed by atoms with E-state index in [9.17, 15) is 9.59 Å². The van der Waals surface area contributed by atoms with Crippen molar-refractivity contribution >= 4 is 56.8 Å². The second-order valence-electron chi connectivity index (χ2n) is 7.62. The van der Waals surface area contributed by atoms with Crippen molar-refractivity contribution in [3.05, 3.63) is 87.2 Å². The van der Waals surface area contributed by atoms with Crippen LogP contribution in [0, 0.1) is 13.8 Å². The van der Waals surface area contributed by atoms with Crippen molar-refractivity contribution in [3.63, 3.8) is 0 Å². The molecule has 0 bridgehead atoms. The summed E-state index contributed by atoms with van der Waals surface area (Å²) in [6, 6.07) is 17.6. The predicted octanol–water partition coefficient (Wildman–Crippen LogP) is 5.25. The quantitative estimate of drug-likeness (QED) is 0.298. The Morgan fingerprint density at radius 2 is 1.75 bits per heavy atom. The van der Waals surface area contributed by atoms with Gasteiger partial charge in [-0.15, -0.1) is 0 Å². The average molecular weight is 508 g/mol. The Kier molecular flexibility index (Phi) is 6.13. The van der Waals surface area contributed by atoms with Crippen LogP contribution in [0.5, 0.6) is 0 Å². The first kappa shape index (κ1) is 22.2. The van der Waals surface area contributed by atoms with Gasteiger partial charge in [-0.05, 0) is 86.1 Å². The molecule has 1 saturated heterocycles. The number of nitrogens with one attached hydrogen (secondary N) is 1. The third-order valence-electron chi connectivity index (χ3n) is 5.54. The summed E-state index contributed by atoms with van der Waals surface area (Å²) in [5, 5.41) is 2.71. The van der Waals surface area contributed by atoms with Crippen LogP contribution in [0.1, 0.15) is 29.4 Å². The topological polar surface area (TPSA) is 54.3 Å². The van der Waals surface area contributed by atoms with E-state index >= 15 is 0 Å². The third kappa shape index (κ3) is 4.06. The van der Waals surface area contributed by atoms with Crippen LogP contribution in [0.25, 0.3) is 11.8 Å². The van der Waals surface area contributed by atoms with Gasteiger partial charge in [0, 0.05) is 21.5 Å². The lowest BCUT2D eigenvalue weighted by molar-refractivity contribution is -0.122. The monoisotopic (exact) mass is 507 g/mol. The van der Waals surface area contributed by atoms with Crippen molar-refractivity contribution in [2.24, 2.45) is 0 Å². The molecule has 0 aliphatic carbocycles. The molecule has 0 saturated carbocycles. The molecule has 3 aromatic rings. The number of anilines is 1. The summed E-state index contributed by atoms with van der Waals surface area (Å²) in [5.74, 6) is -0.947. The van der Waals surface area contributed by atoms with Gasteiger partial charge in [0.2, 0.25) is 0 Å². The Balaban J connectivity index is 1.74. The highest BCUT2D eigenvalue weighted by Crippen LogP contribution is 2.27. The second kappa shape index (κ2) is 8.84. The van der Waals surface area contributed by atoms with Crippen LogP contribution in [0.3, 0.4) is 0 Å². The Morgan fingerprint density at radius 1 is 1.03 bits per heavy atom. The lowest BCUT2D eigenvalue weighted by Gasteiger charge is -2.29. The van der Waals surface area contributed by atoms with Gasteiger partial charge in [0.15, 0.2) is 5.11 Å². The van der Waals surface area contributed by atoms with Crippen LogP contribution in [0.4, 0.5) is 5.69 Å². The van der Waals surface area contributed by atoms with Crippen LogP contribution in [0.2, 0.25) is 0 Å². The van der Waals surface area contributed by atoms with Crippen molar-refractivity contribution in [3.8, 4) is 5.69 Å². The number of hydrogen-bond acceptors (Lipinski definition) is 3. The zero-order valence-electron chi connectivity index (χ0n) is 18.0. The maximum Gasteiger partial charge on any atom is 0.270 e. The molecule has 2 amide bonds. The smallest absolute Gasteiger partial charge is 0.270 e. The molecular weight excluding hydrogens is 486 g/mol. The maximum atomic E-state index is 13.3. The summed E-state index contributed by atoms with van der Waals surface area (Å²) in [5.41, 5.74) is 5.71. The molecule has 0 radical (unpaired) electrons. The average Bonchev–Trinajstić information content (AvgIpc) is 3.04. The number of benzene rings is 2. The van der Waals surface area contributed by atoms with Gasteiger partial charge in [-0.3, -0.25) is 19.8 Å². The first-order valence-electron chi connectivity index (χ1n) is 10.3. The molecule has 0 atom stereocenters. The number of nitrogens with zero attached hydrogens (tertiary/aromatic N) is 2. The minimum atomic E-state index is -0.497. The number of carbonyl (C=O) groups excluding carboxylic acids is 2. The summed E-state index contributed by atoms with van der Waals surface area (Å²) in [4.78, 5) is 27.3. The van der Waals surface area contributed by atoms with Crippen LogP contribution >= 0.6 is 28.1 Å². The predicted molar refractivity (Wildman–Crippen MR) is 135 cm³/mol. The molecule has 2 aromatic carbocycles. The second-order valence-corrected chi connectivity index (χ2v) is 8.92. The van der Waals surface area contributed by atoms with Crippen molar-refractivity contribution in [2.45, 2.75) is 27.2 Å². The molecule has 32 heavy (non-hydrogen) atoms. The van der Waals surface area contributed by atoms with Crippen molar-refractivity contribution in [1.29, 1.82) is 0 Å². The zero-order chi connectivity index (χ0) is 23.0. The van der Waals surface area contributed by atoms with Gasteiger partial charge in [0.1, 0.15) is 5.57 Å².